The topological polar surface area (TPSA) is 34.9 Å². The van der Waals surface area contributed by atoms with Crippen molar-refractivity contribution in [1.82, 2.24) is 9.78 Å². The number of aromatic nitrogens is 2. The third kappa shape index (κ3) is 1.43. The van der Waals surface area contributed by atoms with E-state index in [0.717, 1.165) is 0 Å². The van der Waals surface area contributed by atoms with Gasteiger partial charge in [-0.05, 0) is 12.8 Å². The fraction of sp³-hybridized carbons (Fsp3) is 0.500. The Labute approximate surface area is 78.9 Å². The van der Waals surface area contributed by atoms with Gasteiger partial charge < -0.3 is 0 Å². The second-order valence-electron chi connectivity index (χ2n) is 3.00. The highest BCUT2D eigenvalue weighted by molar-refractivity contribution is 9.09. The molecule has 64 valence electrons. The number of halogens is 1. The monoisotopic (exact) mass is 228 g/mol. The van der Waals surface area contributed by atoms with Gasteiger partial charge in [0.25, 0.3) is 0 Å². The van der Waals surface area contributed by atoms with Crippen molar-refractivity contribution in [1.29, 1.82) is 0 Å². The van der Waals surface area contributed by atoms with Gasteiger partial charge in [0.2, 0.25) is 0 Å². The molecule has 1 aliphatic carbocycles. The summed E-state index contributed by atoms with van der Waals surface area (Å²) in [7, 11) is 0. The van der Waals surface area contributed by atoms with E-state index >= 15 is 0 Å². The number of Topliss-reactive ketones (excluding diaryl/α,β-unsaturated/α-hetero) is 1. The van der Waals surface area contributed by atoms with E-state index in [0.29, 0.717) is 16.9 Å². The zero-order valence-electron chi connectivity index (χ0n) is 6.53. The molecule has 0 radical (unpaired) electrons. The Bertz CT molecular complexity index is 304. The first-order chi connectivity index (χ1) is 5.81. The molecule has 0 unspecified atom stereocenters. The number of hydrogen-bond donors (Lipinski definition) is 0. The molecule has 0 N–H and O–H groups in total. The molecule has 0 spiro atoms. The summed E-state index contributed by atoms with van der Waals surface area (Å²) in [6.07, 6.45) is 5.87. The van der Waals surface area contributed by atoms with Crippen molar-refractivity contribution in [2.45, 2.75) is 18.9 Å². The fourth-order valence-corrected chi connectivity index (χ4v) is 1.42. The quantitative estimate of drug-likeness (QED) is 0.585. The summed E-state index contributed by atoms with van der Waals surface area (Å²) in [6, 6.07) is 0.557. The predicted molar refractivity (Wildman–Crippen MR) is 48.6 cm³/mol. The maximum absolute atomic E-state index is 11.2. The van der Waals surface area contributed by atoms with E-state index in [1.165, 1.54) is 12.8 Å². The van der Waals surface area contributed by atoms with Gasteiger partial charge in [0.1, 0.15) is 0 Å². The average Bonchev–Trinajstić information content (AvgIpc) is 2.83. The number of nitrogens with zero attached hydrogens (tertiary/aromatic N) is 2. The summed E-state index contributed by atoms with van der Waals surface area (Å²) in [5.41, 5.74) is 0.707. The molecule has 0 atom stereocenters. The van der Waals surface area contributed by atoms with Crippen molar-refractivity contribution in [3.8, 4) is 0 Å². The van der Waals surface area contributed by atoms with Gasteiger partial charge in [-0.1, -0.05) is 15.9 Å². The third-order valence-corrected chi connectivity index (χ3v) is 2.48. The minimum absolute atomic E-state index is 0.0990. The minimum Gasteiger partial charge on any atom is -0.293 e. The normalized spacial score (nSPS) is 16.4. The lowest BCUT2D eigenvalue weighted by molar-refractivity contribution is 0.102. The molecule has 0 aliphatic heterocycles. The van der Waals surface area contributed by atoms with E-state index in [9.17, 15) is 4.79 Å². The first kappa shape index (κ1) is 7.98. The van der Waals surface area contributed by atoms with Crippen molar-refractivity contribution in [3.05, 3.63) is 18.0 Å². The molecule has 1 saturated carbocycles. The summed E-state index contributed by atoms with van der Waals surface area (Å²) in [6.45, 7) is 0. The lowest BCUT2D eigenvalue weighted by Gasteiger charge is -1.92. The van der Waals surface area contributed by atoms with Crippen molar-refractivity contribution >= 4 is 21.7 Å². The van der Waals surface area contributed by atoms with E-state index in [2.05, 4.69) is 21.0 Å². The molecular weight excluding hydrogens is 220 g/mol. The molecule has 1 aliphatic rings. The Hall–Kier alpha value is -0.640. The first-order valence-electron chi connectivity index (χ1n) is 3.94. The van der Waals surface area contributed by atoms with Gasteiger partial charge in [0.15, 0.2) is 5.78 Å². The second-order valence-corrected chi connectivity index (χ2v) is 3.56. The summed E-state index contributed by atoms with van der Waals surface area (Å²) in [5, 5.41) is 4.50. The van der Waals surface area contributed by atoms with Crippen LogP contribution in [-0.4, -0.2) is 20.9 Å². The van der Waals surface area contributed by atoms with Crippen LogP contribution in [0.25, 0.3) is 0 Å². The van der Waals surface area contributed by atoms with E-state index in [4.69, 9.17) is 0 Å². The molecule has 1 heterocycles. The molecule has 1 fully saturated rings. The van der Waals surface area contributed by atoms with Crippen LogP contribution in [0.1, 0.15) is 29.2 Å². The molecule has 1 aromatic heterocycles. The predicted octanol–water partition coefficient (Wildman–Crippen LogP) is 1.80. The van der Waals surface area contributed by atoms with Gasteiger partial charge in [0, 0.05) is 6.20 Å². The van der Waals surface area contributed by atoms with Crippen LogP contribution in [0.2, 0.25) is 0 Å². The molecule has 3 nitrogen and oxygen atoms in total. The Balaban J connectivity index is 2.17. The van der Waals surface area contributed by atoms with Crippen molar-refractivity contribution < 1.29 is 4.79 Å². The standard InChI is InChI=1S/C8H9BrN2O/c9-3-8(12)6-4-10-11(5-6)7-1-2-7/h4-5,7H,1-3H2. The van der Waals surface area contributed by atoms with Crippen LogP contribution >= 0.6 is 15.9 Å². The number of carbonyl (C=O) groups is 1. The summed E-state index contributed by atoms with van der Waals surface area (Å²) >= 11 is 3.13. The number of rotatable bonds is 3. The SMILES string of the molecule is O=C(CBr)c1cnn(C2CC2)c1. The maximum Gasteiger partial charge on any atom is 0.176 e. The van der Waals surface area contributed by atoms with Crippen LogP contribution in [0.4, 0.5) is 0 Å². The number of alkyl halides is 1. The summed E-state index contributed by atoms with van der Waals surface area (Å²) in [5.74, 6) is 0.0990. The Morgan fingerprint density at radius 3 is 3.08 bits per heavy atom. The molecular formula is C8H9BrN2O. The average molecular weight is 229 g/mol. The van der Waals surface area contributed by atoms with E-state index in [1.54, 1.807) is 6.20 Å². The zero-order valence-corrected chi connectivity index (χ0v) is 8.12. The molecule has 0 amide bonds. The second kappa shape index (κ2) is 3.01. The van der Waals surface area contributed by atoms with Crippen LogP contribution in [-0.2, 0) is 0 Å². The number of hydrogen-bond acceptors (Lipinski definition) is 2. The zero-order chi connectivity index (χ0) is 8.55. The highest BCUT2D eigenvalue weighted by Gasteiger charge is 2.24. The van der Waals surface area contributed by atoms with Gasteiger partial charge >= 0.3 is 0 Å². The molecule has 0 aromatic carbocycles. The number of carbonyl (C=O) groups excluding carboxylic acids is 1. The van der Waals surface area contributed by atoms with Crippen LogP contribution in [0.15, 0.2) is 12.4 Å². The van der Waals surface area contributed by atoms with Crippen molar-refractivity contribution in [2.24, 2.45) is 0 Å². The molecule has 0 bridgehead atoms. The Morgan fingerprint density at radius 1 is 1.75 bits per heavy atom. The molecule has 0 saturated heterocycles. The Kier molecular flexibility index (Phi) is 2.00. The van der Waals surface area contributed by atoms with Gasteiger partial charge in [0.05, 0.1) is 23.1 Å². The summed E-state index contributed by atoms with van der Waals surface area (Å²) in [4.78, 5) is 11.2. The van der Waals surface area contributed by atoms with Gasteiger partial charge in [-0.25, -0.2) is 0 Å². The maximum atomic E-state index is 11.2. The lowest BCUT2D eigenvalue weighted by atomic mass is 10.3. The van der Waals surface area contributed by atoms with Crippen molar-refractivity contribution in [3.63, 3.8) is 0 Å². The first-order valence-corrected chi connectivity index (χ1v) is 5.06. The van der Waals surface area contributed by atoms with E-state index < -0.39 is 0 Å². The Morgan fingerprint density at radius 2 is 2.50 bits per heavy atom. The summed E-state index contributed by atoms with van der Waals surface area (Å²) < 4.78 is 1.88. The smallest absolute Gasteiger partial charge is 0.176 e. The van der Waals surface area contributed by atoms with Crippen LogP contribution < -0.4 is 0 Å². The largest absolute Gasteiger partial charge is 0.293 e. The minimum atomic E-state index is 0.0990. The van der Waals surface area contributed by atoms with E-state index in [-0.39, 0.29) is 5.78 Å². The van der Waals surface area contributed by atoms with Gasteiger partial charge in [-0.15, -0.1) is 0 Å². The molecule has 12 heavy (non-hydrogen) atoms. The fourth-order valence-electron chi connectivity index (χ4n) is 1.10. The van der Waals surface area contributed by atoms with E-state index in [1.807, 2.05) is 10.9 Å². The van der Waals surface area contributed by atoms with Crippen LogP contribution in [0, 0.1) is 0 Å². The van der Waals surface area contributed by atoms with Gasteiger partial charge in [-0.3, -0.25) is 9.48 Å². The number of ketones is 1. The lowest BCUT2D eigenvalue weighted by Crippen LogP contribution is -1.98. The van der Waals surface area contributed by atoms with Crippen molar-refractivity contribution in [2.75, 3.05) is 5.33 Å². The highest BCUT2D eigenvalue weighted by Crippen LogP contribution is 2.33. The van der Waals surface area contributed by atoms with Crippen LogP contribution in [0.3, 0.4) is 0 Å². The molecule has 2 rings (SSSR count). The molecule has 4 heteroatoms. The molecule has 1 aromatic rings. The van der Waals surface area contributed by atoms with Crippen LogP contribution in [0.5, 0.6) is 0 Å². The van der Waals surface area contributed by atoms with Gasteiger partial charge in [-0.2, -0.15) is 5.10 Å². The highest BCUT2D eigenvalue weighted by atomic mass is 79.9. The third-order valence-electron chi connectivity index (χ3n) is 1.97.